The number of hydrazine groups is 1. The van der Waals surface area contributed by atoms with Crippen molar-refractivity contribution in [3.05, 3.63) is 69.1 Å². The maximum Gasteiger partial charge on any atom is 0.289 e. The standard InChI is InChI=1S/C18H13Cl2N3O3S/c1-26-12-5-2-10(3-6-12)18-21-15(9-27-18)17(25)23-22-16(24)13-8-11(19)4-7-14(13)20/h2-9H,1H3,(H,22,24)(H,23,25). The van der Waals surface area contributed by atoms with Crippen LogP contribution in [0, 0.1) is 0 Å². The summed E-state index contributed by atoms with van der Waals surface area (Å²) in [5.74, 6) is -0.394. The number of amides is 2. The maximum atomic E-state index is 12.2. The largest absolute Gasteiger partial charge is 0.497 e. The number of benzene rings is 2. The van der Waals surface area contributed by atoms with Crippen LogP contribution < -0.4 is 15.6 Å². The molecule has 0 saturated heterocycles. The molecule has 6 nitrogen and oxygen atoms in total. The van der Waals surface area contributed by atoms with Crippen LogP contribution in [0.2, 0.25) is 10.0 Å². The highest BCUT2D eigenvalue weighted by molar-refractivity contribution is 7.13. The number of rotatable bonds is 4. The minimum atomic E-state index is -0.582. The monoisotopic (exact) mass is 421 g/mol. The number of nitrogens with one attached hydrogen (secondary N) is 2. The predicted molar refractivity (Wildman–Crippen MR) is 105 cm³/mol. The minimum Gasteiger partial charge on any atom is -0.497 e. The lowest BCUT2D eigenvalue weighted by atomic mass is 10.2. The van der Waals surface area contributed by atoms with Crippen LogP contribution in [0.1, 0.15) is 20.8 Å². The summed E-state index contributed by atoms with van der Waals surface area (Å²) in [7, 11) is 1.59. The second-order valence-electron chi connectivity index (χ2n) is 5.30. The van der Waals surface area contributed by atoms with E-state index in [-0.39, 0.29) is 16.3 Å². The first-order valence-corrected chi connectivity index (χ1v) is 9.27. The number of hydrogen-bond acceptors (Lipinski definition) is 5. The first kappa shape index (κ1) is 19.2. The van der Waals surface area contributed by atoms with Gasteiger partial charge in [0.25, 0.3) is 11.8 Å². The molecule has 2 N–H and O–H groups in total. The Hall–Kier alpha value is -2.61. The van der Waals surface area contributed by atoms with E-state index in [1.54, 1.807) is 18.6 Å². The molecule has 0 radical (unpaired) electrons. The van der Waals surface area contributed by atoms with E-state index < -0.39 is 11.8 Å². The van der Waals surface area contributed by atoms with Crippen LogP contribution in [0.4, 0.5) is 0 Å². The number of thiazole rings is 1. The summed E-state index contributed by atoms with van der Waals surface area (Å²) in [5.41, 5.74) is 5.80. The van der Waals surface area contributed by atoms with Crippen molar-refractivity contribution >= 4 is 46.4 Å². The van der Waals surface area contributed by atoms with Crippen LogP contribution in [0.25, 0.3) is 10.6 Å². The van der Waals surface area contributed by atoms with E-state index in [0.29, 0.717) is 10.0 Å². The summed E-state index contributed by atoms with van der Waals surface area (Å²) in [6, 6.07) is 11.8. The molecule has 3 aromatic rings. The van der Waals surface area contributed by atoms with Gasteiger partial charge in [-0.3, -0.25) is 20.4 Å². The van der Waals surface area contributed by atoms with Crippen LogP contribution >= 0.6 is 34.5 Å². The quantitative estimate of drug-likeness (QED) is 0.618. The molecule has 0 aliphatic carbocycles. The highest BCUT2D eigenvalue weighted by Crippen LogP contribution is 2.25. The molecule has 0 bridgehead atoms. The third-order valence-corrected chi connectivity index (χ3v) is 4.99. The average molecular weight is 422 g/mol. The fourth-order valence-corrected chi connectivity index (χ4v) is 3.34. The lowest BCUT2D eigenvalue weighted by Crippen LogP contribution is -2.41. The number of aromatic nitrogens is 1. The van der Waals surface area contributed by atoms with Gasteiger partial charge in [0, 0.05) is 16.0 Å². The molecule has 0 unspecified atom stereocenters. The number of nitrogens with zero attached hydrogens (tertiary/aromatic N) is 1. The summed E-state index contributed by atoms with van der Waals surface area (Å²) >= 11 is 13.1. The third kappa shape index (κ3) is 4.57. The van der Waals surface area contributed by atoms with Gasteiger partial charge in [0.2, 0.25) is 0 Å². The number of hydrogen-bond donors (Lipinski definition) is 2. The normalized spacial score (nSPS) is 10.3. The molecule has 0 aliphatic rings. The summed E-state index contributed by atoms with van der Waals surface area (Å²) < 4.78 is 5.12. The van der Waals surface area contributed by atoms with Gasteiger partial charge in [0.05, 0.1) is 17.7 Å². The number of carbonyl (C=O) groups is 2. The SMILES string of the molecule is COc1ccc(-c2nc(C(=O)NNC(=O)c3cc(Cl)ccc3Cl)cs2)cc1. The molecule has 0 saturated carbocycles. The Morgan fingerprint density at radius 1 is 1.04 bits per heavy atom. The van der Waals surface area contributed by atoms with Crippen molar-refractivity contribution in [2.45, 2.75) is 0 Å². The molecule has 2 aromatic carbocycles. The topological polar surface area (TPSA) is 80.3 Å². The highest BCUT2D eigenvalue weighted by Gasteiger charge is 2.15. The molecule has 0 fully saturated rings. The summed E-state index contributed by atoms with van der Waals surface area (Å²) in [5, 5.41) is 2.86. The number of methoxy groups -OCH3 is 1. The average Bonchev–Trinajstić information content (AvgIpc) is 3.18. The lowest BCUT2D eigenvalue weighted by molar-refractivity contribution is 0.0844. The lowest BCUT2D eigenvalue weighted by Gasteiger charge is -2.07. The molecule has 1 heterocycles. The van der Waals surface area contributed by atoms with E-state index in [1.165, 1.54) is 23.5 Å². The zero-order valence-electron chi connectivity index (χ0n) is 14.0. The van der Waals surface area contributed by atoms with Crippen LogP contribution in [-0.2, 0) is 0 Å². The Bertz CT molecular complexity index is 990. The van der Waals surface area contributed by atoms with E-state index in [1.807, 2.05) is 24.3 Å². The molecule has 0 aliphatic heterocycles. The van der Waals surface area contributed by atoms with Gasteiger partial charge in [-0.15, -0.1) is 11.3 Å². The molecular formula is C18H13Cl2N3O3S. The van der Waals surface area contributed by atoms with Gasteiger partial charge in [-0.25, -0.2) is 4.98 Å². The van der Waals surface area contributed by atoms with Gasteiger partial charge in [0.1, 0.15) is 16.5 Å². The van der Waals surface area contributed by atoms with Crippen molar-refractivity contribution < 1.29 is 14.3 Å². The number of halogens is 2. The van der Waals surface area contributed by atoms with Gasteiger partial charge in [0.15, 0.2) is 0 Å². The number of ether oxygens (including phenoxy) is 1. The van der Waals surface area contributed by atoms with Crippen molar-refractivity contribution in [2.24, 2.45) is 0 Å². The Kier molecular flexibility index (Phi) is 5.95. The molecular weight excluding hydrogens is 409 g/mol. The van der Waals surface area contributed by atoms with Crippen molar-refractivity contribution in [2.75, 3.05) is 7.11 Å². The van der Waals surface area contributed by atoms with Crippen molar-refractivity contribution in [3.8, 4) is 16.3 Å². The summed E-state index contributed by atoms with van der Waals surface area (Å²) in [6.45, 7) is 0. The van der Waals surface area contributed by atoms with E-state index in [9.17, 15) is 9.59 Å². The fraction of sp³-hybridized carbons (Fsp3) is 0.0556. The van der Waals surface area contributed by atoms with Gasteiger partial charge >= 0.3 is 0 Å². The molecule has 1 aromatic heterocycles. The Balaban J connectivity index is 1.65. The van der Waals surface area contributed by atoms with Crippen molar-refractivity contribution in [1.82, 2.24) is 15.8 Å². The number of carbonyl (C=O) groups excluding carboxylic acids is 2. The first-order valence-electron chi connectivity index (χ1n) is 7.63. The van der Waals surface area contributed by atoms with Gasteiger partial charge < -0.3 is 4.74 Å². The zero-order chi connectivity index (χ0) is 19.4. The second kappa shape index (κ2) is 8.39. The fourth-order valence-electron chi connectivity index (χ4n) is 2.16. The molecule has 138 valence electrons. The van der Waals surface area contributed by atoms with Crippen LogP contribution in [-0.4, -0.2) is 23.9 Å². The second-order valence-corrected chi connectivity index (χ2v) is 7.00. The molecule has 0 atom stereocenters. The van der Waals surface area contributed by atoms with Crippen LogP contribution in [0.15, 0.2) is 47.8 Å². The van der Waals surface area contributed by atoms with Gasteiger partial charge in [-0.1, -0.05) is 23.2 Å². The van der Waals surface area contributed by atoms with Crippen molar-refractivity contribution in [3.63, 3.8) is 0 Å². The van der Waals surface area contributed by atoms with E-state index in [0.717, 1.165) is 11.3 Å². The molecule has 0 spiro atoms. The van der Waals surface area contributed by atoms with E-state index in [2.05, 4.69) is 15.8 Å². The first-order chi connectivity index (χ1) is 13.0. The van der Waals surface area contributed by atoms with Crippen molar-refractivity contribution in [1.29, 1.82) is 0 Å². The Morgan fingerprint density at radius 3 is 2.44 bits per heavy atom. The molecule has 2 amide bonds. The molecule has 27 heavy (non-hydrogen) atoms. The highest BCUT2D eigenvalue weighted by atomic mass is 35.5. The molecule has 9 heteroatoms. The molecule has 3 rings (SSSR count). The van der Waals surface area contributed by atoms with Crippen LogP contribution in [0.3, 0.4) is 0 Å². The minimum absolute atomic E-state index is 0.154. The summed E-state index contributed by atoms with van der Waals surface area (Å²) in [6.07, 6.45) is 0. The Morgan fingerprint density at radius 2 is 1.74 bits per heavy atom. The van der Waals surface area contributed by atoms with E-state index >= 15 is 0 Å². The van der Waals surface area contributed by atoms with Gasteiger partial charge in [-0.2, -0.15) is 0 Å². The zero-order valence-corrected chi connectivity index (χ0v) is 16.3. The van der Waals surface area contributed by atoms with Crippen LogP contribution in [0.5, 0.6) is 5.75 Å². The van der Waals surface area contributed by atoms with Gasteiger partial charge in [-0.05, 0) is 42.5 Å². The van der Waals surface area contributed by atoms with E-state index in [4.69, 9.17) is 27.9 Å². The predicted octanol–water partition coefficient (Wildman–Crippen LogP) is 4.20. The summed E-state index contributed by atoms with van der Waals surface area (Å²) in [4.78, 5) is 28.6. The maximum absolute atomic E-state index is 12.2. The Labute approximate surface area is 169 Å². The third-order valence-electron chi connectivity index (χ3n) is 3.54. The smallest absolute Gasteiger partial charge is 0.289 e.